The molecule has 7 heteroatoms. The molecular formula is C22H38N4O2S. The summed E-state index contributed by atoms with van der Waals surface area (Å²) in [5, 5.41) is 5.63. The monoisotopic (exact) mass is 422 g/mol. The van der Waals surface area contributed by atoms with Crippen LogP contribution in [0.4, 0.5) is 0 Å². The number of nitrogens with one attached hydrogen (secondary N) is 1. The van der Waals surface area contributed by atoms with Crippen molar-refractivity contribution >= 4 is 17.3 Å². The molecule has 3 rings (SSSR count). The van der Waals surface area contributed by atoms with Crippen molar-refractivity contribution in [3.63, 3.8) is 0 Å². The normalized spacial score (nSPS) is 22.8. The third-order valence-electron chi connectivity index (χ3n) is 5.78. The van der Waals surface area contributed by atoms with Gasteiger partial charge in [0.15, 0.2) is 5.96 Å². The molecule has 164 valence electrons. The molecule has 6 nitrogen and oxygen atoms in total. The highest BCUT2D eigenvalue weighted by Gasteiger charge is 2.24. The summed E-state index contributed by atoms with van der Waals surface area (Å²) >= 11 is 1.81. The maximum atomic E-state index is 6.17. The van der Waals surface area contributed by atoms with Crippen molar-refractivity contribution in [2.75, 3.05) is 53.5 Å². The fourth-order valence-corrected chi connectivity index (χ4v) is 4.92. The van der Waals surface area contributed by atoms with Crippen LogP contribution in [0.15, 0.2) is 22.5 Å². The van der Waals surface area contributed by atoms with Gasteiger partial charge in [0.25, 0.3) is 0 Å². The Morgan fingerprint density at radius 2 is 2.17 bits per heavy atom. The lowest BCUT2D eigenvalue weighted by atomic mass is 10.1. The Balaban J connectivity index is 1.49. The zero-order valence-corrected chi connectivity index (χ0v) is 19.1. The second-order valence-electron chi connectivity index (χ2n) is 8.20. The summed E-state index contributed by atoms with van der Waals surface area (Å²) in [5.41, 5.74) is 0. The average molecular weight is 423 g/mol. The highest BCUT2D eigenvalue weighted by Crippen LogP contribution is 2.24. The number of likely N-dealkylation sites (N-methyl/N-ethyl adjacent to an activating group) is 1. The van der Waals surface area contributed by atoms with Gasteiger partial charge in [-0.05, 0) is 64.6 Å². The molecule has 1 aromatic rings. The van der Waals surface area contributed by atoms with E-state index < -0.39 is 0 Å². The van der Waals surface area contributed by atoms with Crippen LogP contribution >= 0.6 is 11.3 Å². The Labute approximate surface area is 180 Å². The van der Waals surface area contributed by atoms with Gasteiger partial charge >= 0.3 is 0 Å². The Kier molecular flexibility index (Phi) is 9.24. The number of rotatable bonds is 8. The Bertz CT molecular complexity index is 594. The Morgan fingerprint density at radius 3 is 2.79 bits per heavy atom. The van der Waals surface area contributed by atoms with Gasteiger partial charge in [0.05, 0.1) is 31.4 Å². The summed E-state index contributed by atoms with van der Waals surface area (Å²) in [5.74, 6) is 1.03. The third-order valence-corrected chi connectivity index (χ3v) is 6.75. The van der Waals surface area contributed by atoms with E-state index in [1.54, 1.807) is 11.3 Å². The molecule has 2 fully saturated rings. The van der Waals surface area contributed by atoms with Crippen LogP contribution in [-0.2, 0) is 9.47 Å². The summed E-state index contributed by atoms with van der Waals surface area (Å²) in [6.07, 6.45) is 6.38. The lowest BCUT2D eigenvalue weighted by molar-refractivity contribution is -0.0721. The first-order chi connectivity index (χ1) is 14.2. The number of guanidine groups is 1. The van der Waals surface area contributed by atoms with Gasteiger partial charge in [-0.1, -0.05) is 6.07 Å². The van der Waals surface area contributed by atoms with Crippen LogP contribution in [0.1, 0.15) is 49.9 Å². The first-order valence-electron chi connectivity index (χ1n) is 11.1. The topological polar surface area (TPSA) is 49.3 Å². The molecule has 0 amide bonds. The summed E-state index contributed by atoms with van der Waals surface area (Å²) in [4.78, 5) is 11.0. The van der Waals surface area contributed by atoms with Crippen molar-refractivity contribution in [1.82, 2.24) is 15.1 Å². The second-order valence-corrected chi connectivity index (χ2v) is 9.18. The van der Waals surface area contributed by atoms with Gasteiger partial charge in [-0.3, -0.25) is 4.99 Å². The molecule has 2 aliphatic heterocycles. The largest absolute Gasteiger partial charge is 0.376 e. The molecule has 0 saturated carbocycles. The fourth-order valence-electron chi connectivity index (χ4n) is 4.00. The van der Waals surface area contributed by atoms with E-state index in [1.807, 2.05) is 0 Å². The smallest absolute Gasteiger partial charge is 0.193 e. The van der Waals surface area contributed by atoms with Gasteiger partial charge in [-0.15, -0.1) is 11.3 Å². The number of ether oxygens (including phenoxy) is 2. The maximum Gasteiger partial charge on any atom is 0.193 e. The number of hydrogen-bond donors (Lipinski definition) is 1. The highest BCUT2D eigenvalue weighted by atomic mass is 32.1. The fraction of sp³-hybridized carbons (Fsp3) is 0.773. The van der Waals surface area contributed by atoms with Gasteiger partial charge in [-0.25, -0.2) is 0 Å². The van der Waals surface area contributed by atoms with E-state index in [2.05, 4.69) is 53.6 Å². The number of piperidine rings is 1. The maximum absolute atomic E-state index is 6.17. The van der Waals surface area contributed by atoms with Crippen molar-refractivity contribution in [3.8, 4) is 0 Å². The van der Waals surface area contributed by atoms with E-state index in [0.717, 1.165) is 64.6 Å². The van der Waals surface area contributed by atoms with Crippen LogP contribution in [0.5, 0.6) is 0 Å². The lowest BCUT2D eigenvalue weighted by Gasteiger charge is -2.35. The quantitative estimate of drug-likeness (QED) is 0.514. The number of hydrogen-bond acceptors (Lipinski definition) is 5. The van der Waals surface area contributed by atoms with Gasteiger partial charge in [-0.2, -0.15) is 0 Å². The van der Waals surface area contributed by atoms with Crippen LogP contribution in [-0.4, -0.2) is 81.5 Å². The van der Waals surface area contributed by atoms with Crippen LogP contribution in [0.25, 0.3) is 0 Å². The van der Waals surface area contributed by atoms with E-state index in [1.165, 1.54) is 17.7 Å². The summed E-state index contributed by atoms with van der Waals surface area (Å²) in [6, 6.07) is 4.64. The predicted molar refractivity (Wildman–Crippen MR) is 121 cm³/mol. The van der Waals surface area contributed by atoms with Gasteiger partial charge in [0.2, 0.25) is 0 Å². The molecule has 29 heavy (non-hydrogen) atoms. The molecule has 2 unspecified atom stereocenters. The molecule has 2 aliphatic rings. The molecule has 0 bridgehead atoms. The molecule has 2 saturated heterocycles. The minimum absolute atomic E-state index is 0.306. The Morgan fingerprint density at radius 1 is 1.34 bits per heavy atom. The van der Waals surface area contributed by atoms with Crippen LogP contribution < -0.4 is 5.32 Å². The van der Waals surface area contributed by atoms with Crippen molar-refractivity contribution in [2.45, 2.75) is 57.3 Å². The van der Waals surface area contributed by atoms with Crippen molar-refractivity contribution in [2.24, 2.45) is 4.99 Å². The van der Waals surface area contributed by atoms with Crippen molar-refractivity contribution in [1.29, 1.82) is 0 Å². The zero-order chi connectivity index (χ0) is 20.5. The summed E-state index contributed by atoms with van der Waals surface area (Å²) in [6.45, 7) is 7.43. The van der Waals surface area contributed by atoms with Crippen molar-refractivity contribution in [3.05, 3.63) is 22.4 Å². The number of nitrogens with zero attached hydrogens (tertiary/aromatic N) is 3. The zero-order valence-electron chi connectivity index (χ0n) is 18.3. The average Bonchev–Trinajstić information content (AvgIpc) is 3.27. The molecule has 0 spiro atoms. The summed E-state index contributed by atoms with van der Waals surface area (Å²) < 4.78 is 12.0. The van der Waals surface area contributed by atoms with Crippen molar-refractivity contribution < 1.29 is 9.47 Å². The van der Waals surface area contributed by atoms with E-state index in [0.29, 0.717) is 18.2 Å². The molecule has 3 heterocycles. The number of thiophene rings is 1. The molecule has 0 radical (unpaired) electrons. The lowest BCUT2D eigenvalue weighted by Crippen LogP contribution is -2.47. The van der Waals surface area contributed by atoms with Crippen LogP contribution in [0.3, 0.4) is 0 Å². The predicted octanol–water partition coefficient (Wildman–Crippen LogP) is 3.37. The SMILES string of the molecule is CCNC(=NCC(c1cccs1)N(C)C)N1CCC(OCC2CCCCO2)CC1. The standard InChI is InChI=1S/C22H38N4O2S/c1-4-23-22(24-16-20(25(2)3)21-9-7-15-29-21)26-12-10-18(11-13-26)28-17-19-8-5-6-14-27-19/h7,9,15,18-20H,4-6,8,10-14,16-17H2,1-3H3,(H,23,24). The third kappa shape index (κ3) is 6.95. The first-order valence-corrected chi connectivity index (χ1v) is 12.0. The molecule has 1 N–H and O–H groups in total. The molecular weight excluding hydrogens is 384 g/mol. The van der Waals surface area contributed by atoms with E-state index in [9.17, 15) is 0 Å². The van der Waals surface area contributed by atoms with E-state index in [4.69, 9.17) is 14.5 Å². The van der Waals surface area contributed by atoms with E-state index >= 15 is 0 Å². The minimum Gasteiger partial charge on any atom is -0.376 e. The van der Waals surface area contributed by atoms with Gasteiger partial charge < -0.3 is 24.6 Å². The van der Waals surface area contributed by atoms with Crippen LogP contribution in [0, 0.1) is 0 Å². The molecule has 0 aromatic carbocycles. The highest BCUT2D eigenvalue weighted by molar-refractivity contribution is 7.10. The molecule has 1 aromatic heterocycles. The second kappa shape index (κ2) is 11.9. The van der Waals surface area contributed by atoms with Crippen LogP contribution in [0.2, 0.25) is 0 Å². The summed E-state index contributed by atoms with van der Waals surface area (Å²) in [7, 11) is 4.26. The molecule has 2 atom stereocenters. The van der Waals surface area contributed by atoms with E-state index in [-0.39, 0.29) is 0 Å². The number of aliphatic imine (C=N–C) groups is 1. The molecule has 0 aliphatic carbocycles. The Hall–Kier alpha value is -1.15. The van der Waals surface area contributed by atoms with Gasteiger partial charge in [0, 0.05) is 31.1 Å². The first kappa shape index (κ1) is 22.5. The minimum atomic E-state index is 0.306. The van der Waals surface area contributed by atoms with Gasteiger partial charge in [0.1, 0.15) is 0 Å². The number of likely N-dealkylation sites (tertiary alicyclic amines) is 1.